The van der Waals surface area contributed by atoms with E-state index in [0.29, 0.717) is 40.3 Å². The highest BCUT2D eigenvalue weighted by atomic mass is 35.5. The first-order chi connectivity index (χ1) is 12.2. The van der Waals surface area contributed by atoms with Crippen LogP contribution >= 0.6 is 34.5 Å². The molecule has 0 bridgehead atoms. The number of aromatic nitrogens is 1. The van der Waals surface area contributed by atoms with Gasteiger partial charge in [-0.1, -0.05) is 29.3 Å². The molecule has 1 aromatic heterocycles. The van der Waals surface area contributed by atoms with Crippen LogP contribution in [0.4, 0.5) is 5.13 Å². The molecule has 1 aromatic carbocycles. The van der Waals surface area contributed by atoms with Crippen molar-refractivity contribution in [2.24, 2.45) is 5.92 Å². The molecule has 1 aliphatic rings. The molecular weight excluding hydrogens is 417 g/mol. The third-order valence-corrected chi connectivity index (χ3v) is 6.94. The average Bonchev–Trinajstić information content (AvgIpc) is 3.05. The van der Waals surface area contributed by atoms with Gasteiger partial charge in [-0.25, -0.2) is 17.7 Å². The second-order valence-electron chi connectivity index (χ2n) is 6.12. The molecule has 0 radical (unpaired) electrons. The van der Waals surface area contributed by atoms with Crippen molar-refractivity contribution < 1.29 is 13.2 Å². The van der Waals surface area contributed by atoms with E-state index in [9.17, 15) is 13.2 Å². The van der Waals surface area contributed by atoms with Crippen molar-refractivity contribution in [3.8, 4) is 11.3 Å². The molecule has 2 aromatic rings. The number of hydrogen-bond acceptors (Lipinski definition) is 5. The lowest BCUT2D eigenvalue weighted by atomic mass is 9.99. The fraction of sp³-hybridized carbons (Fsp3) is 0.375. The summed E-state index contributed by atoms with van der Waals surface area (Å²) < 4.78 is 24.7. The number of rotatable bonds is 4. The Morgan fingerprint density at radius 1 is 1.35 bits per heavy atom. The summed E-state index contributed by atoms with van der Waals surface area (Å²) in [7, 11) is -3.29. The number of carbonyl (C=O) groups excluding carboxylic acids is 1. The number of nitrogens with zero attached hydrogens (tertiary/aromatic N) is 2. The molecule has 3 rings (SSSR count). The van der Waals surface area contributed by atoms with Crippen molar-refractivity contribution in [2.75, 3.05) is 24.7 Å². The average molecular weight is 434 g/mol. The largest absolute Gasteiger partial charge is 0.302 e. The van der Waals surface area contributed by atoms with Gasteiger partial charge in [0.25, 0.3) is 0 Å². The van der Waals surface area contributed by atoms with Crippen LogP contribution in [-0.4, -0.2) is 43.0 Å². The topological polar surface area (TPSA) is 79.4 Å². The minimum Gasteiger partial charge on any atom is -0.302 e. The summed E-state index contributed by atoms with van der Waals surface area (Å²) in [5, 5.41) is 5.97. The van der Waals surface area contributed by atoms with Gasteiger partial charge in [0.2, 0.25) is 15.9 Å². The van der Waals surface area contributed by atoms with E-state index in [1.54, 1.807) is 18.2 Å². The van der Waals surface area contributed by atoms with Crippen molar-refractivity contribution >= 4 is 55.6 Å². The van der Waals surface area contributed by atoms with Crippen LogP contribution in [0.3, 0.4) is 0 Å². The molecule has 6 nitrogen and oxygen atoms in total. The summed E-state index contributed by atoms with van der Waals surface area (Å²) in [5.74, 6) is -0.593. The smallest absolute Gasteiger partial charge is 0.230 e. The van der Waals surface area contributed by atoms with Gasteiger partial charge >= 0.3 is 0 Å². The Kier molecular flexibility index (Phi) is 5.88. The number of anilines is 1. The Bertz CT molecular complexity index is 931. The third-order valence-electron chi connectivity index (χ3n) is 4.17. The molecule has 1 saturated heterocycles. The highest BCUT2D eigenvalue weighted by Crippen LogP contribution is 2.31. The van der Waals surface area contributed by atoms with Crippen LogP contribution in [0.25, 0.3) is 11.3 Å². The molecule has 1 unspecified atom stereocenters. The zero-order valence-electron chi connectivity index (χ0n) is 13.9. The van der Waals surface area contributed by atoms with Crippen LogP contribution in [0.2, 0.25) is 10.0 Å². The van der Waals surface area contributed by atoms with Crippen LogP contribution < -0.4 is 5.32 Å². The number of hydrogen-bond donors (Lipinski definition) is 1. The van der Waals surface area contributed by atoms with Gasteiger partial charge in [-0.05, 0) is 25.0 Å². The van der Waals surface area contributed by atoms with Crippen LogP contribution in [0.5, 0.6) is 0 Å². The van der Waals surface area contributed by atoms with E-state index in [1.807, 2.05) is 5.38 Å². The number of halogens is 2. The fourth-order valence-corrected chi connectivity index (χ4v) is 4.72. The molecule has 10 heteroatoms. The Hall–Kier alpha value is -1.19. The number of sulfonamides is 1. The number of nitrogens with one attached hydrogen (secondary N) is 1. The summed E-state index contributed by atoms with van der Waals surface area (Å²) in [5.41, 5.74) is 1.49. The monoisotopic (exact) mass is 433 g/mol. The summed E-state index contributed by atoms with van der Waals surface area (Å²) in [4.78, 5) is 16.9. The SMILES string of the molecule is CS(=O)(=O)N1CCCC(C(=O)Nc2nc(-c3ccc(Cl)c(Cl)c3)cs2)C1. The fourth-order valence-electron chi connectivity index (χ4n) is 2.78. The van der Waals surface area contributed by atoms with E-state index in [2.05, 4.69) is 10.3 Å². The predicted octanol–water partition coefficient (Wildman–Crippen LogP) is 3.73. The predicted molar refractivity (Wildman–Crippen MR) is 105 cm³/mol. The molecule has 0 saturated carbocycles. The lowest BCUT2D eigenvalue weighted by Gasteiger charge is -2.29. The first-order valence-corrected chi connectivity index (χ1v) is 11.4. The molecule has 1 fully saturated rings. The lowest BCUT2D eigenvalue weighted by molar-refractivity contribution is -0.120. The quantitative estimate of drug-likeness (QED) is 0.796. The zero-order chi connectivity index (χ0) is 18.9. The van der Waals surface area contributed by atoms with Gasteiger partial charge in [0, 0.05) is 24.0 Å². The van der Waals surface area contributed by atoms with Crippen molar-refractivity contribution in [3.63, 3.8) is 0 Å². The Labute approximate surface area is 166 Å². The van der Waals surface area contributed by atoms with Gasteiger partial charge in [-0.15, -0.1) is 11.3 Å². The normalized spacial score (nSPS) is 18.7. The maximum atomic E-state index is 12.5. The van der Waals surface area contributed by atoms with Crippen molar-refractivity contribution in [2.45, 2.75) is 12.8 Å². The molecule has 2 heterocycles. The summed E-state index contributed by atoms with van der Waals surface area (Å²) in [6, 6.07) is 5.22. The summed E-state index contributed by atoms with van der Waals surface area (Å²) in [6.07, 6.45) is 2.48. The van der Waals surface area contributed by atoms with E-state index in [-0.39, 0.29) is 18.4 Å². The van der Waals surface area contributed by atoms with Crippen LogP contribution in [0.15, 0.2) is 23.6 Å². The van der Waals surface area contributed by atoms with Crippen molar-refractivity contribution in [1.82, 2.24) is 9.29 Å². The van der Waals surface area contributed by atoms with E-state index >= 15 is 0 Å². The minimum atomic E-state index is -3.29. The molecule has 1 aliphatic heterocycles. The van der Waals surface area contributed by atoms with E-state index < -0.39 is 10.0 Å². The Balaban J connectivity index is 1.68. The maximum absolute atomic E-state index is 12.5. The van der Waals surface area contributed by atoms with Gasteiger partial charge in [-0.3, -0.25) is 4.79 Å². The number of thiazole rings is 1. The first kappa shape index (κ1) is 19.6. The number of piperidine rings is 1. The second kappa shape index (κ2) is 7.82. The van der Waals surface area contributed by atoms with E-state index in [1.165, 1.54) is 15.6 Å². The highest BCUT2D eigenvalue weighted by molar-refractivity contribution is 7.88. The van der Waals surface area contributed by atoms with Gasteiger partial charge in [-0.2, -0.15) is 0 Å². The minimum absolute atomic E-state index is 0.204. The maximum Gasteiger partial charge on any atom is 0.230 e. The van der Waals surface area contributed by atoms with Crippen LogP contribution in [0.1, 0.15) is 12.8 Å². The standard InChI is InChI=1S/C16H17Cl2N3O3S2/c1-26(23,24)21-6-2-3-11(8-21)15(22)20-16-19-14(9-25-16)10-4-5-12(17)13(18)7-10/h4-5,7,9,11H,2-3,6,8H2,1H3,(H,19,20,22). The van der Waals surface area contributed by atoms with Crippen LogP contribution in [-0.2, 0) is 14.8 Å². The molecule has 26 heavy (non-hydrogen) atoms. The molecule has 0 aliphatic carbocycles. The summed E-state index contributed by atoms with van der Waals surface area (Å²) >= 11 is 13.2. The highest BCUT2D eigenvalue weighted by Gasteiger charge is 2.30. The molecule has 1 amide bonds. The molecule has 140 valence electrons. The van der Waals surface area contributed by atoms with E-state index in [4.69, 9.17) is 23.2 Å². The third kappa shape index (κ3) is 4.55. The molecular formula is C16H17Cl2N3O3S2. The van der Waals surface area contributed by atoms with Gasteiger partial charge < -0.3 is 5.32 Å². The van der Waals surface area contributed by atoms with Gasteiger partial charge in [0.05, 0.1) is 27.9 Å². The van der Waals surface area contributed by atoms with Gasteiger partial charge in [0.15, 0.2) is 5.13 Å². The Morgan fingerprint density at radius 3 is 2.81 bits per heavy atom. The van der Waals surface area contributed by atoms with E-state index in [0.717, 1.165) is 11.8 Å². The Morgan fingerprint density at radius 2 is 2.12 bits per heavy atom. The van der Waals surface area contributed by atoms with Crippen molar-refractivity contribution in [1.29, 1.82) is 0 Å². The molecule has 1 N–H and O–H groups in total. The molecule has 0 spiro atoms. The lowest BCUT2D eigenvalue weighted by Crippen LogP contribution is -2.43. The number of amides is 1. The second-order valence-corrected chi connectivity index (χ2v) is 9.77. The van der Waals surface area contributed by atoms with Crippen molar-refractivity contribution in [3.05, 3.63) is 33.6 Å². The molecule has 1 atom stereocenters. The first-order valence-electron chi connectivity index (χ1n) is 7.91. The number of benzene rings is 1. The number of carbonyl (C=O) groups is 1. The van der Waals surface area contributed by atoms with Crippen LogP contribution in [0, 0.1) is 5.92 Å². The summed E-state index contributed by atoms with van der Waals surface area (Å²) in [6.45, 7) is 0.664. The zero-order valence-corrected chi connectivity index (χ0v) is 17.1. The van der Waals surface area contributed by atoms with Gasteiger partial charge in [0.1, 0.15) is 0 Å².